The molecule has 0 bridgehead atoms. The molecule has 2 heterocycles. The third kappa shape index (κ3) is 2.56. The van der Waals surface area contributed by atoms with Gasteiger partial charge in [0.2, 0.25) is 0 Å². The average molecular weight is 286 g/mol. The Kier molecular flexibility index (Phi) is 3.74. The van der Waals surface area contributed by atoms with Gasteiger partial charge in [0.05, 0.1) is 4.88 Å². The Labute approximate surface area is 123 Å². The van der Waals surface area contributed by atoms with E-state index >= 15 is 0 Å². The zero-order valence-electron chi connectivity index (χ0n) is 11.5. The molecular weight excluding hydrogens is 268 g/mol. The molecule has 104 valence electrons. The molecule has 4 heteroatoms. The lowest BCUT2D eigenvalue weighted by molar-refractivity contribution is 0.0731. The van der Waals surface area contributed by atoms with Gasteiger partial charge in [-0.1, -0.05) is 24.3 Å². The lowest BCUT2D eigenvalue weighted by Gasteiger charge is -2.41. The average Bonchev–Trinajstić information content (AvgIpc) is 3.01. The number of benzene rings is 1. The molecule has 20 heavy (non-hydrogen) atoms. The number of thiophene rings is 1. The lowest BCUT2D eigenvalue weighted by Crippen LogP contribution is -2.53. The van der Waals surface area contributed by atoms with E-state index in [1.165, 1.54) is 17.0 Å². The maximum absolute atomic E-state index is 12.4. The highest BCUT2D eigenvalue weighted by atomic mass is 32.1. The minimum absolute atomic E-state index is 0.166. The van der Waals surface area contributed by atoms with Crippen LogP contribution >= 0.6 is 11.3 Å². The van der Waals surface area contributed by atoms with Crippen LogP contribution in [0.15, 0.2) is 47.8 Å². The van der Waals surface area contributed by atoms with E-state index in [1.807, 2.05) is 28.5 Å². The van der Waals surface area contributed by atoms with Crippen LogP contribution in [0.25, 0.3) is 0 Å². The number of hydrogen-bond acceptors (Lipinski definition) is 3. The van der Waals surface area contributed by atoms with Gasteiger partial charge in [0.15, 0.2) is 0 Å². The van der Waals surface area contributed by atoms with Gasteiger partial charge in [-0.15, -0.1) is 11.3 Å². The maximum Gasteiger partial charge on any atom is 0.264 e. The minimum atomic E-state index is 0.166. The molecule has 1 unspecified atom stereocenters. The molecule has 0 spiro atoms. The smallest absolute Gasteiger partial charge is 0.264 e. The van der Waals surface area contributed by atoms with Crippen LogP contribution in [0.4, 0.5) is 5.69 Å². The van der Waals surface area contributed by atoms with Crippen molar-refractivity contribution in [2.45, 2.75) is 13.0 Å². The summed E-state index contributed by atoms with van der Waals surface area (Å²) in [7, 11) is 0. The molecular formula is C16H18N2OS. The zero-order chi connectivity index (χ0) is 13.9. The second-order valence-corrected chi connectivity index (χ2v) is 6.05. The van der Waals surface area contributed by atoms with Gasteiger partial charge >= 0.3 is 0 Å². The van der Waals surface area contributed by atoms with Crippen molar-refractivity contribution >= 4 is 22.9 Å². The van der Waals surface area contributed by atoms with Crippen LogP contribution < -0.4 is 4.90 Å². The van der Waals surface area contributed by atoms with E-state index in [2.05, 4.69) is 36.1 Å². The Morgan fingerprint density at radius 1 is 1.15 bits per heavy atom. The molecule has 0 N–H and O–H groups in total. The minimum Gasteiger partial charge on any atom is -0.365 e. The largest absolute Gasteiger partial charge is 0.365 e. The van der Waals surface area contributed by atoms with Crippen molar-refractivity contribution in [3.8, 4) is 0 Å². The van der Waals surface area contributed by atoms with Gasteiger partial charge in [-0.3, -0.25) is 4.79 Å². The van der Waals surface area contributed by atoms with E-state index in [4.69, 9.17) is 0 Å². The molecule has 1 amide bonds. The molecule has 3 nitrogen and oxygen atoms in total. The number of anilines is 1. The topological polar surface area (TPSA) is 23.6 Å². The summed E-state index contributed by atoms with van der Waals surface area (Å²) in [5.41, 5.74) is 1.24. The molecule has 3 rings (SSSR count). The van der Waals surface area contributed by atoms with Crippen molar-refractivity contribution in [1.82, 2.24) is 4.90 Å². The molecule has 1 aromatic carbocycles. The van der Waals surface area contributed by atoms with E-state index < -0.39 is 0 Å². The second-order valence-electron chi connectivity index (χ2n) is 5.11. The Hall–Kier alpha value is -1.81. The normalized spacial score (nSPS) is 19.1. The Morgan fingerprint density at radius 3 is 2.60 bits per heavy atom. The number of para-hydroxylation sites is 1. The molecule has 2 aromatic rings. The van der Waals surface area contributed by atoms with E-state index in [1.54, 1.807) is 0 Å². The number of carbonyl (C=O) groups is 1. The van der Waals surface area contributed by atoms with Crippen molar-refractivity contribution in [3.63, 3.8) is 0 Å². The number of piperazine rings is 1. The first-order valence-corrected chi connectivity index (χ1v) is 7.78. The van der Waals surface area contributed by atoms with Gasteiger partial charge in [-0.25, -0.2) is 0 Å². The maximum atomic E-state index is 12.4. The Morgan fingerprint density at radius 2 is 1.95 bits per heavy atom. The van der Waals surface area contributed by atoms with E-state index in [-0.39, 0.29) is 5.91 Å². The summed E-state index contributed by atoms with van der Waals surface area (Å²) in [6, 6.07) is 14.6. The summed E-state index contributed by atoms with van der Waals surface area (Å²) in [5, 5.41) is 1.96. The summed E-state index contributed by atoms with van der Waals surface area (Å²) in [6.45, 7) is 4.64. The Balaban J connectivity index is 1.70. The standard InChI is InChI=1S/C16H18N2OS/c1-13-12-17(16(19)15-8-5-11-20-15)9-10-18(13)14-6-3-2-4-7-14/h2-8,11,13H,9-10,12H2,1H3. The summed E-state index contributed by atoms with van der Waals surface area (Å²) >= 11 is 1.52. The highest BCUT2D eigenvalue weighted by Crippen LogP contribution is 2.21. The first-order valence-electron chi connectivity index (χ1n) is 6.90. The van der Waals surface area contributed by atoms with Crippen molar-refractivity contribution in [1.29, 1.82) is 0 Å². The predicted molar refractivity (Wildman–Crippen MR) is 83.5 cm³/mol. The van der Waals surface area contributed by atoms with Gasteiger partial charge in [0.25, 0.3) is 5.91 Å². The molecule has 1 aliphatic heterocycles. The van der Waals surface area contributed by atoms with E-state index in [0.717, 1.165) is 24.5 Å². The van der Waals surface area contributed by atoms with Crippen LogP contribution in [-0.2, 0) is 0 Å². The van der Waals surface area contributed by atoms with Crippen molar-refractivity contribution in [2.75, 3.05) is 24.5 Å². The fraction of sp³-hybridized carbons (Fsp3) is 0.312. The van der Waals surface area contributed by atoms with Gasteiger partial charge in [-0.05, 0) is 30.5 Å². The summed E-state index contributed by atoms with van der Waals surface area (Å²) < 4.78 is 0. The van der Waals surface area contributed by atoms with Crippen LogP contribution in [-0.4, -0.2) is 36.5 Å². The first kappa shape index (κ1) is 13.2. The van der Waals surface area contributed by atoms with Gasteiger partial charge < -0.3 is 9.80 Å². The van der Waals surface area contributed by atoms with Crippen molar-refractivity contribution < 1.29 is 4.79 Å². The number of nitrogens with zero attached hydrogens (tertiary/aromatic N) is 2. The van der Waals surface area contributed by atoms with Gasteiger partial charge in [0.1, 0.15) is 0 Å². The second kappa shape index (κ2) is 5.67. The fourth-order valence-electron chi connectivity index (χ4n) is 2.70. The zero-order valence-corrected chi connectivity index (χ0v) is 12.3. The molecule has 0 radical (unpaired) electrons. The van der Waals surface area contributed by atoms with Crippen molar-refractivity contribution in [2.24, 2.45) is 0 Å². The fourth-order valence-corrected chi connectivity index (χ4v) is 3.39. The molecule has 0 saturated carbocycles. The highest BCUT2D eigenvalue weighted by molar-refractivity contribution is 7.12. The number of amides is 1. The summed E-state index contributed by atoms with van der Waals surface area (Å²) in [4.78, 5) is 17.5. The highest BCUT2D eigenvalue weighted by Gasteiger charge is 2.27. The molecule has 1 atom stereocenters. The quantitative estimate of drug-likeness (QED) is 0.847. The lowest BCUT2D eigenvalue weighted by atomic mass is 10.1. The van der Waals surface area contributed by atoms with Crippen LogP contribution in [0, 0.1) is 0 Å². The van der Waals surface area contributed by atoms with E-state index in [0.29, 0.717) is 6.04 Å². The third-order valence-electron chi connectivity index (χ3n) is 3.73. The molecule has 1 aliphatic rings. The monoisotopic (exact) mass is 286 g/mol. The van der Waals surface area contributed by atoms with Crippen LogP contribution in [0.3, 0.4) is 0 Å². The van der Waals surface area contributed by atoms with Crippen LogP contribution in [0.5, 0.6) is 0 Å². The molecule has 1 saturated heterocycles. The molecule has 0 aliphatic carbocycles. The van der Waals surface area contributed by atoms with Gasteiger partial charge in [-0.2, -0.15) is 0 Å². The molecule has 1 aromatic heterocycles. The van der Waals surface area contributed by atoms with Crippen molar-refractivity contribution in [3.05, 3.63) is 52.7 Å². The summed E-state index contributed by atoms with van der Waals surface area (Å²) in [6.07, 6.45) is 0. The first-order chi connectivity index (χ1) is 9.75. The van der Waals surface area contributed by atoms with Crippen LogP contribution in [0.2, 0.25) is 0 Å². The number of carbonyl (C=O) groups excluding carboxylic acids is 1. The summed E-state index contributed by atoms with van der Waals surface area (Å²) in [5.74, 6) is 0.166. The SMILES string of the molecule is CC1CN(C(=O)c2cccs2)CCN1c1ccccc1. The predicted octanol–water partition coefficient (Wildman–Crippen LogP) is 3.10. The van der Waals surface area contributed by atoms with E-state index in [9.17, 15) is 4.79 Å². The molecule has 1 fully saturated rings. The third-order valence-corrected chi connectivity index (χ3v) is 4.59. The number of rotatable bonds is 2. The van der Waals surface area contributed by atoms with Gasteiger partial charge in [0, 0.05) is 31.4 Å². The van der Waals surface area contributed by atoms with Crippen LogP contribution in [0.1, 0.15) is 16.6 Å². The number of hydrogen-bond donors (Lipinski definition) is 0. The Bertz CT molecular complexity index is 567.